The molecule has 1 N–H and O–H groups in total. The predicted molar refractivity (Wildman–Crippen MR) is 80.2 cm³/mol. The van der Waals surface area contributed by atoms with E-state index in [-0.39, 0.29) is 24.9 Å². The number of halogens is 1. The molecule has 6 nitrogen and oxygen atoms in total. The highest BCUT2D eigenvalue weighted by Crippen LogP contribution is 2.16. The van der Waals surface area contributed by atoms with Gasteiger partial charge < -0.3 is 9.64 Å². The Labute approximate surface area is 128 Å². The van der Waals surface area contributed by atoms with Gasteiger partial charge in [-0.2, -0.15) is 0 Å². The Morgan fingerprint density at radius 2 is 1.82 bits per heavy atom. The van der Waals surface area contributed by atoms with Crippen molar-refractivity contribution in [3.63, 3.8) is 0 Å². The SMILES string of the molecule is CCOC(=O)NC(=O)CN1CCN(c2ccc(F)cc2)CC1. The summed E-state index contributed by atoms with van der Waals surface area (Å²) in [4.78, 5) is 26.9. The number of nitrogens with one attached hydrogen (secondary N) is 1. The molecule has 22 heavy (non-hydrogen) atoms. The number of hydrogen-bond acceptors (Lipinski definition) is 5. The van der Waals surface area contributed by atoms with Gasteiger partial charge in [0.05, 0.1) is 13.2 Å². The second-order valence-electron chi connectivity index (χ2n) is 5.01. The molecule has 7 heteroatoms. The molecule has 0 atom stereocenters. The maximum absolute atomic E-state index is 12.9. The molecule has 0 spiro atoms. The molecular weight excluding hydrogens is 289 g/mol. The van der Waals surface area contributed by atoms with Crippen LogP contribution in [0.25, 0.3) is 0 Å². The third-order valence-electron chi connectivity index (χ3n) is 3.45. The summed E-state index contributed by atoms with van der Waals surface area (Å²) in [6.45, 7) is 4.97. The lowest BCUT2D eigenvalue weighted by Gasteiger charge is -2.35. The van der Waals surface area contributed by atoms with Crippen molar-refractivity contribution in [2.75, 3.05) is 44.2 Å². The lowest BCUT2D eigenvalue weighted by molar-refractivity contribution is -0.121. The lowest BCUT2D eigenvalue weighted by atomic mass is 10.2. The number of anilines is 1. The minimum atomic E-state index is -0.711. The van der Waals surface area contributed by atoms with Crippen LogP contribution in [0, 0.1) is 5.82 Å². The molecule has 0 bridgehead atoms. The average Bonchev–Trinajstić information content (AvgIpc) is 2.49. The first-order valence-corrected chi connectivity index (χ1v) is 7.28. The second-order valence-corrected chi connectivity index (χ2v) is 5.01. The molecule has 0 aromatic heterocycles. The monoisotopic (exact) mass is 309 g/mol. The molecule has 1 heterocycles. The van der Waals surface area contributed by atoms with E-state index in [4.69, 9.17) is 0 Å². The summed E-state index contributed by atoms with van der Waals surface area (Å²) < 4.78 is 17.6. The molecule has 0 aliphatic carbocycles. The van der Waals surface area contributed by atoms with Gasteiger partial charge in [-0.15, -0.1) is 0 Å². The molecule has 1 aromatic carbocycles. The maximum Gasteiger partial charge on any atom is 0.413 e. The van der Waals surface area contributed by atoms with Crippen LogP contribution in [0.4, 0.5) is 14.9 Å². The second kappa shape index (κ2) is 7.74. The summed E-state index contributed by atoms with van der Waals surface area (Å²) in [7, 11) is 0. The third-order valence-corrected chi connectivity index (χ3v) is 3.45. The van der Waals surface area contributed by atoms with Gasteiger partial charge in [0.1, 0.15) is 5.82 Å². The number of benzene rings is 1. The summed E-state index contributed by atoms with van der Waals surface area (Å²) in [5, 5.41) is 2.18. The normalized spacial score (nSPS) is 15.5. The number of hydrogen-bond donors (Lipinski definition) is 1. The summed E-state index contributed by atoms with van der Waals surface area (Å²) in [5.74, 6) is -0.619. The van der Waals surface area contributed by atoms with Crippen molar-refractivity contribution in [1.29, 1.82) is 0 Å². The molecule has 1 aliphatic rings. The van der Waals surface area contributed by atoms with Crippen LogP contribution in [0.15, 0.2) is 24.3 Å². The minimum absolute atomic E-state index is 0.163. The Bertz CT molecular complexity index is 513. The van der Waals surface area contributed by atoms with Gasteiger partial charge in [0.15, 0.2) is 0 Å². The van der Waals surface area contributed by atoms with Gasteiger partial charge in [-0.05, 0) is 31.2 Å². The van der Waals surface area contributed by atoms with Crippen molar-refractivity contribution in [3.05, 3.63) is 30.1 Å². The van der Waals surface area contributed by atoms with Gasteiger partial charge >= 0.3 is 6.09 Å². The van der Waals surface area contributed by atoms with E-state index in [9.17, 15) is 14.0 Å². The smallest absolute Gasteiger partial charge is 0.413 e. The van der Waals surface area contributed by atoms with Crippen molar-refractivity contribution in [3.8, 4) is 0 Å². The number of ether oxygens (including phenoxy) is 1. The number of alkyl carbamates (subject to hydrolysis) is 1. The molecule has 1 saturated heterocycles. The fourth-order valence-electron chi connectivity index (χ4n) is 2.34. The zero-order chi connectivity index (χ0) is 15.9. The summed E-state index contributed by atoms with van der Waals surface area (Å²) in [5.41, 5.74) is 0.969. The molecule has 1 fully saturated rings. The lowest BCUT2D eigenvalue weighted by Crippen LogP contribution is -2.50. The van der Waals surface area contributed by atoms with E-state index in [0.29, 0.717) is 13.1 Å². The Hall–Kier alpha value is -2.15. The van der Waals surface area contributed by atoms with Gasteiger partial charge in [0, 0.05) is 31.9 Å². The highest BCUT2D eigenvalue weighted by molar-refractivity contribution is 5.92. The zero-order valence-corrected chi connectivity index (χ0v) is 12.5. The third kappa shape index (κ3) is 4.70. The minimum Gasteiger partial charge on any atom is -0.450 e. The van der Waals surface area contributed by atoms with Crippen molar-refractivity contribution in [2.24, 2.45) is 0 Å². The van der Waals surface area contributed by atoms with E-state index in [1.54, 1.807) is 19.1 Å². The molecule has 2 rings (SSSR count). The molecule has 1 aromatic rings. The number of carbonyl (C=O) groups is 2. The van der Waals surface area contributed by atoms with Crippen molar-refractivity contribution in [2.45, 2.75) is 6.92 Å². The van der Waals surface area contributed by atoms with Crippen LogP contribution in [0.5, 0.6) is 0 Å². The maximum atomic E-state index is 12.9. The van der Waals surface area contributed by atoms with Crippen LogP contribution in [0.2, 0.25) is 0 Å². The van der Waals surface area contributed by atoms with Gasteiger partial charge in [-0.1, -0.05) is 0 Å². The van der Waals surface area contributed by atoms with Gasteiger partial charge in [0.2, 0.25) is 5.91 Å². The average molecular weight is 309 g/mol. The van der Waals surface area contributed by atoms with Gasteiger partial charge in [-0.3, -0.25) is 15.0 Å². The van der Waals surface area contributed by atoms with Crippen LogP contribution in [0.3, 0.4) is 0 Å². The number of nitrogens with zero attached hydrogens (tertiary/aromatic N) is 2. The molecule has 0 saturated carbocycles. The number of rotatable bonds is 4. The molecule has 0 unspecified atom stereocenters. The molecular formula is C15H20FN3O3. The fraction of sp³-hybridized carbons (Fsp3) is 0.467. The fourth-order valence-corrected chi connectivity index (χ4v) is 2.34. The standard InChI is InChI=1S/C15H20FN3O3/c1-2-22-15(21)17-14(20)11-18-7-9-19(10-8-18)13-5-3-12(16)4-6-13/h3-6H,2,7-11H2,1H3,(H,17,20,21). The number of piperazine rings is 1. The van der Waals surface area contributed by atoms with Crippen molar-refractivity contribution < 1.29 is 18.7 Å². The molecule has 0 radical (unpaired) electrons. The van der Waals surface area contributed by atoms with Crippen molar-refractivity contribution >= 4 is 17.7 Å². The van der Waals surface area contributed by atoms with Gasteiger partial charge in [0.25, 0.3) is 0 Å². The first kappa shape index (κ1) is 16.2. The highest BCUT2D eigenvalue weighted by atomic mass is 19.1. The van der Waals surface area contributed by atoms with Crippen LogP contribution >= 0.6 is 0 Å². The number of carbonyl (C=O) groups excluding carboxylic acids is 2. The van der Waals surface area contributed by atoms with E-state index in [1.165, 1.54) is 12.1 Å². The number of amides is 2. The van der Waals surface area contributed by atoms with E-state index < -0.39 is 6.09 Å². The molecule has 2 amide bonds. The van der Waals surface area contributed by atoms with Crippen LogP contribution in [0.1, 0.15) is 6.92 Å². The van der Waals surface area contributed by atoms with Crippen LogP contribution in [-0.4, -0.2) is 56.2 Å². The molecule has 120 valence electrons. The Balaban J connectivity index is 1.76. The van der Waals surface area contributed by atoms with E-state index in [1.807, 2.05) is 4.90 Å². The van der Waals surface area contributed by atoms with Gasteiger partial charge in [-0.25, -0.2) is 9.18 Å². The number of imide groups is 1. The predicted octanol–water partition coefficient (Wildman–Crippen LogP) is 1.22. The topological polar surface area (TPSA) is 61.9 Å². The summed E-state index contributed by atoms with van der Waals surface area (Å²) in [6, 6.07) is 6.37. The molecule has 1 aliphatic heterocycles. The summed E-state index contributed by atoms with van der Waals surface area (Å²) >= 11 is 0. The van der Waals surface area contributed by atoms with Crippen LogP contribution in [-0.2, 0) is 9.53 Å². The first-order valence-electron chi connectivity index (χ1n) is 7.28. The zero-order valence-electron chi connectivity index (χ0n) is 12.5. The Morgan fingerprint density at radius 1 is 1.18 bits per heavy atom. The van der Waals surface area contributed by atoms with E-state index in [0.717, 1.165) is 18.8 Å². The summed E-state index contributed by atoms with van der Waals surface area (Å²) in [6.07, 6.45) is -0.711. The quantitative estimate of drug-likeness (QED) is 0.906. The first-order chi connectivity index (χ1) is 10.6. The van der Waals surface area contributed by atoms with E-state index in [2.05, 4.69) is 15.0 Å². The highest BCUT2D eigenvalue weighted by Gasteiger charge is 2.20. The van der Waals surface area contributed by atoms with E-state index >= 15 is 0 Å². The van der Waals surface area contributed by atoms with Crippen LogP contribution < -0.4 is 10.2 Å². The van der Waals surface area contributed by atoms with Crippen molar-refractivity contribution in [1.82, 2.24) is 10.2 Å². The Morgan fingerprint density at radius 3 is 2.41 bits per heavy atom. The Kier molecular flexibility index (Phi) is 5.71. The largest absolute Gasteiger partial charge is 0.450 e.